The first-order valence-electron chi connectivity index (χ1n) is 5.07. The summed E-state index contributed by atoms with van der Waals surface area (Å²) in [5.74, 6) is -0.273. The van der Waals surface area contributed by atoms with Crippen molar-refractivity contribution in [1.82, 2.24) is 0 Å². The molecule has 15 heavy (non-hydrogen) atoms. The summed E-state index contributed by atoms with van der Waals surface area (Å²) < 4.78 is 18.9. The smallest absolute Gasteiger partial charge is 0.169 e. The van der Waals surface area contributed by atoms with E-state index in [1.807, 2.05) is 13.0 Å². The molecule has 0 saturated heterocycles. The van der Waals surface area contributed by atoms with Gasteiger partial charge in [0, 0.05) is 5.39 Å². The molecule has 0 N–H and O–H groups in total. The second-order valence-corrected chi connectivity index (χ2v) is 5.00. The van der Waals surface area contributed by atoms with Gasteiger partial charge in [-0.3, -0.25) is 0 Å². The third kappa shape index (κ3) is 1.65. The van der Waals surface area contributed by atoms with Gasteiger partial charge >= 0.3 is 0 Å². The number of hydrogen-bond acceptors (Lipinski definition) is 1. The summed E-state index contributed by atoms with van der Waals surface area (Å²) in [7, 11) is 0. The molecule has 0 amide bonds. The Morgan fingerprint density at radius 1 is 1.20 bits per heavy atom. The van der Waals surface area contributed by atoms with Crippen LogP contribution in [0.15, 0.2) is 22.8 Å². The number of aryl methyl sites for hydroxylation is 1. The first kappa shape index (κ1) is 10.2. The predicted octanol–water partition coefficient (Wildman–Crippen LogP) is 4.18. The van der Waals surface area contributed by atoms with Gasteiger partial charge in [0.05, 0.1) is 6.26 Å². The van der Waals surface area contributed by atoms with Crippen LogP contribution in [0.2, 0.25) is 0 Å². The van der Waals surface area contributed by atoms with Crippen molar-refractivity contribution in [1.29, 1.82) is 0 Å². The monoisotopic (exact) mass is 206 g/mol. The first-order valence-corrected chi connectivity index (χ1v) is 5.07. The lowest BCUT2D eigenvalue weighted by Gasteiger charge is -2.19. The van der Waals surface area contributed by atoms with Crippen LogP contribution in [0.1, 0.15) is 31.9 Å². The van der Waals surface area contributed by atoms with E-state index in [2.05, 4.69) is 20.8 Å². The number of rotatable bonds is 0. The minimum Gasteiger partial charge on any atom is -0.461 e. The lowest BCUT2D eigenvalue weighted by atomic mass is 9.86. The van der Waals surface area contributed by atoms with Crippen LogP contribution in [0, 0.1) is 12.7 Å². The highest BCUT2D eigenvalue weighted by molar-refractivity contribution is 5.82. The number of hydrogen-bond donors (Lipinski definition) is 0. The van der Waals surface area contributed by atoms with Crippen molar-refractivity contribution in [2.45, 2.75) is 33.1 Å². The number of halogens is 1. The van der Waals surface area contributed by atoms with E-state index in [4.69, 9.17) is 4.42 Å². The molecule has 0 radical (unpaired) electrons. The highest BCUT2D eigenvalue weighted by Gasteiger charge is 2.18. The zero-order chi connectivity index (χ0) is 11.2. The lowest BCUT2D eigenvalue weighted by Crippen LogP contribution is -2.11. The Labute approximate surface area is 88.9 Å². The molecule has 2 aromatic rings. The van der Waals surface area contributed by atoms with E-state index in [0.29, 0.717) is 5.58 Å². The highest BCUT2D eigenvalue weighted by Crippen LogP contribution is 2.30. The minimum absolute atomic E-state index is 0.0429. The van der Waals surface area contributed by atoms with Crippen molar-refractivity contribution in [3.05, 3.63) is 35.3 Å². The molecule has 0 spiro atoms. The molecule has 2 heteroatoms. The van der Waals surface area contributed by atoms with E-state index in [9.17, 15) is 4.39 Å². The maximum Gasteiger partial charge on any atom is 0.169 e. The van der Waals surface area contributed by atoms with E-state index in [1.165, 1.54) is 0 Å². The van der Waals surface area contributed by atoms with Crippen LogP contribution < -0.4 is 0 Å². The third-order valence-electron chi connectivity index (χ3n) is 2.69. The Balaban J connectivity index is 2.76. The highest BCUT2D eigenvalue weighted by atomic mass is 19.1. The Morgan fingerprint density at radius 3 is 2.47 bits per heavy atom. The Morgan fingerprint density at radius 2 is 1.87 bits per heavy atom. The second kappa shape index (κ2) is 3.09. The molecule has 80 valence electrons. The molecule has 0 fully saturated rings. The molecule has 1 nitrogen and oxygen atoms in total. The van der Waals surface area contributed by atoms with E-state index in [-0.39, 0.29) is 11.2 Å². The van der Waals surface area contributed by atoms with Crippen LogP contribution in [0.3, 0.4) is 0 Å². The van der Waals surface area contributed by atoms with Gasteiger partial charge < -0.3 is 4.42 Å². The largest absolute Gasteiger partial charge is 0.461 e. The van der Waals surface area contributed by atoms with Crippen molar-refractivity contribution < 1.29 is 8.81 Å². The molecule has 0 bridgehead atoms. The zero-order valence-electron chi connectivity index (χ0n) is 9.52. The Kier molecular flexibility index (Phi) is 2.10. The van der Waals surface area contributed by atoms with Crippen molar-refractivity contribution in [2.75, 3.05) is 0 Å². The summed E-state index contributed by atoms with van der Waals surface area (Å²) in [4.78, 5) is 0. The number of furan rings is 1. The van der Waals surface area contributed by atoms with Gasteiger partial charge in [0.2, 0.25) is 0 Å². The van der Waals surface area contributed by atoms with Crippen molar-refractivity contribution in [2.24, 2.45) is 0 Å². The van der Waals surface area contributed by atoms with Crippen molar-refractivity contribution in [3.63, 3.8) is 0 Å². The molecule has 0 aliphatic heterocycles. The van der Waals surface area contributed by atoms with Crippen LogP contribution in [-0.2, 0) is 5.41 Å². The van der Waals surface area contributed by atoms with Gasteiger partial charge in [0.1, 0.15) is 0 Å². The maximum atomic E-state index is 13.7. The van der Waals surface area contributed by atoms with E-state index in [1.54, 1.807) is 12.3 Å². The summed E-state index contributed by atoms with van der Waals surface area (Å²) in [5.41, 5.74) is 2.30. The van der Waals surface area contributed by atoms with Gasteiger partial charge in [0.25, 0.3) is 0 Å². The summed E-state index contributed by atoms with van der Waals surface area (Å²) in [6.07, 6.45) is 1.60. The SMILES string of the molecule is Cc1coc2c(F)cc(C(C)(C)C)cc12. The van der Waals surface area contributed by atoms with Gasteiger partial charge in [-0.1, -0.05) is 20.8 Å². The fraction of sp³-hybridized carbons (Fsp3) is 0.385. The predicted molar refractivity (Wildman–Crippen MR) is 59.6 cm³/mol. The molecule has 1 heterocycles. The van der Waals surface area contributed by atoms with Crippen LogP contribution in [-0.4, -0.2) is 0 Å². The summed E-state index contributed by atoms with van der Waals surface area (Å²) in [6.45, 7) is 8.15. The average molecular weight is 206 g/mol. The number of fused-ring (bicyclic) bond motifs is 1. The molecule has 0 unspecified atom stereocenters. The lowest BCUT2D eigenvalue weighted by molar-refractivity contribution is 0.547. The average Bonchev–Trinajstić information content (AvgIpc) is 2.47. The molecular weight excluding hydrogens is 191 g/mol. The van der Waals surface area contributed by atoms with Gasteiger partial charge in [-0.2, -0.15) is 0 Å². The molecule has 1 aromatic heterocycles. The molecule has 2 rings (SSSR count). The molecule has 0 aliphatic rings. The summed E-state index contributed by atoms with van der Waals surface area (Å²) in [5, 5.41) is 0.875. The molecular formula is C13H15FO. The minimum atomic E-state index is -0.273. The van der Waals surface area contributed by atoms with Gasteiger partial charge in [-0.25, -0.2) is 4.39 Å². The van der Waals surface area contributed by atoms with E-state index >= 15 is 0 Å². The van der Waals surface area contributed by atoms with Crippen LogP contribution in [0.25, 0.3) is 11.0 Å². The standard InChI is InChI=1S/C13H15FO/c1-8-7-15-12-10(8)5-9(6-11(12)14)13(2,3)4/h5-7H,1-4H3. The van der Waals surface area contributed by atoms with Crippen LogP contribution >= 0.6 is 0 Å². The first-order chi connectivity index (χ1) is 6.89. The molecule has 0 saturated carbocycles. The quantitative estimate of drug-likeness (QED) is 0.630. The van der Waals surface area contributed by atoms with Gasteiger partial charge in [-0.15, -0.1) is 0 Å². The van der Waals surface area contributed by atoms with Crippen LogP contribution in [0.5, 0.6) is 0 Å². The van der Waals surface area contributed by atoms with Crippen molar-refractivity contribution >= 4 is 11.0 Å². The third-order valence-corrected chi connectivity index (χ3v) is 2.69. The molecule has 0 aliphatic carbocycles. The molecule has 1 aromatic carbocycles. The van der Waals surface area contributed by atoms with Crippen LogP contribution in [0.4, 0.5) is 4.39 Å². The Hall–Kier alpha value is -1.31. The normalized spacial score (nSPS) is 12.3. The molecule has 0 atom stereocenters. The Bertz CT molecular complexity index is 503. The summed E-state index contributed by atoms with van der Waals surface area (Å²) in [6, 6.07) is 3.57. The fourth-order valence-electron chi connectivity index (χ4n) is 1.65. The fourth-order valence-corrected chi connectivity index (χ4v) is 1.65. The maximum absolute atomic E-state index is 13.7. The van der Waals surface area contributed by atoms with E-state index < -0.39 is 0 Å². The number of benzene rings is 1. The zero-order valence-corrected chi connectivity index (χ0v) is 9.52. The topological polar surface area (TPSA) is 13.1 Å². The van der Waals surface area contributed by atoms with Gasteiger partial charge in [-0.05, 0) is 35.6 Å². The summed E-state index contributed by atoms with van der Waals surface area (Å²) >= 11 is 0. The van der Waals surface area contributed by atoms with Crippen molar-refractivity contribution in [3.8, 4) is 0 Å². The van der Waals surface area contributed by atoms with E-state index in [0.717, 1.165) is 16.5 Å². The second-order valence-electron chi connectivity index (χ2n) is 5.00. The van der Waals surface area contributed by atoms with Gasteiger partial charge in [0.15, 0.2) is 11.4 Å².